The van der Waals surface area contributed by atoms with Gasteiger partial charge in [-0.15, -0.1) is 22.9 Å². The quantitative estimate of drug-likeness (QED) is 0.759. The molecule has 12 heavy (non-hydrogen) atoms. The van der Waals surface area contributed by atoms with Crippen molar-refractivity contribution < 1.29 is 4.79 Å². The molecule has 0 saturated carbocycles. The van der Waals surface area contributed by atoms with Gasteiger partial charge in [0.15, 0.2) is 5.38 Å². The summed E-state index contributed by atoms with van der Waals surface area (Å²) < 4.78 is 0. The average Bonchev–Trinajstić information content (AvgIpc) is 2.50. The van der Waals surface area contributed by atoms with Crippen molar-refractivity contribution in [1.29, 1.82) is 0 Å². The Balaban J connectivity index is 2.81. The van der Waals surface area contributed by atoms with E-state index in [-0.39, 0.29) is 0 Å². The van der Waals surface area contributed by atoms with E-state index in [0.717, 1.165) is 11.3 Å². The van der Waals surface area contributed by atoms with Crippen LogP contribution < -0.4 is 5.73 Å². The maximum Gasteiger partial charge on any atom is 0.242 e. The topological polar surface area (TPSA) is 56.0 Å². The minimum Gasteiger partial charge on any atom is -0.368 e. The average molecular weight is 205 g/mol. The molecule has 0 radical (unpaired) electrons. The lowest BCUT2D eigenvalue weighted by molar-refractivity contribution is -0.117. The molecule has 0 aliphatic rings. The van der Waals surface area contributed by atoms with E-state index in [1.807, 2.05) is 6.92 Å². The Hall–Kier alpha value is -0.610. The number of hydrogen-bond donors (Lipinski definition) is 1. The van der Waals surface area contributed by atoms with Crippen LogP contribution in [0.1, 0.15) is 22.2 Å². The second kappa shape index (κ2) is 3.87. The third-order valence-corrected chi connectivity index (χ3v) is 3.14. The second-order valence-corrected chi connectivity index (χ2v) is 3.87. The van der Waals surface area contributed by atoms with Crippen molar-refractivity contribution in [3.05, 3.63) is 16.1 Å². The van der Waals surface area contributed by atoms with Crippen LogP contribution in [-0.4, -0.2) is 10.9 Å². The summed E-state index contributed by atoms with van der Waals surface area (Å²) in [6.07, 6.45) is 2.62. The number of carbonyl (C=O) groups is 1. The number of nitrogens with zero attached hydrogens (tertiary/aromatic N) is 1. The molecular weight excluding hydrogens is 196 g/mol. The van der Waals surface area contributed by atoms with Gasteiger partial charge in [0.2, 0.25) is 5.91 Å². The van der Waals surface area contributed by atoms with Gasteiger partial charge in [0.1, 0.15) is 5.01 Å². The summed E-state index contributed by atoms with van der Waals surface area (Å²) in [4.78, 5) is 15.8. The molecule has 0 bridgehead atoms. The Morgan fingerprint density at radius 1 is 1.92 bits per heavy atom. The highest BCUT2D eigenvalue weighted by Crippen LogP contribution is 2.24. The standard InChI is InChI=1S/C7H9ClN2OS/c1-2-4-3-10-7(12-4)5(8)6(9)11/h3,5H,2H2,1H3,(H2,9,11). The zero-order chi connectivity index (χ0) is 9.14. The second-order valence-electron chi connectivity index (χ2n) is 2.28. The number of aryl methyl sites for hydroxylation is 1. The summed E-state index contributed by atoms with van der Waals surface area (Å²) in [7, 11) is 0. The number of thiazole rings is 1. The van der Waals surface area contributed by atoms with E-state index in [9.17, 15) is 4.79 Å². The minimum absolute atomic E-state index is 0.548. The number of primary amides is 1. The molecule has 0 spiro atoms. The van der Waals surface area contributed by atoms with Gasteiger partial charge in [-0.05, 0) is 6.42 Å². The molecule has 2 N–H and O–H groups in total. The number of halogens is 1. The van der Waals surface area contributed by atoms with Crippen LogP contribution >= 0.6 is 22.9 Å². The predicted octanol–water partition coefficient (Wildman–Crippen LogP) is 1.47. The van der Waals surface area contributed by atoms with Crippen LogP contribution in [-0.2, 0) is 11.2 Å². The highest BCUT2D eigenvalue weighted by molar-refractivity contribution is 7.12. The van der Waals surface area contributed by atoms with Crippen LogP contribution in [0.15, 0.2) is 6.20 Å². The molecule has 1 rings (SSSR count). The molecule has 1 aromatic rings. The van der Waals surface area contributed by atoms with Crippen LogP contribution in [0.4, 0.5) is 0 Å². The normalized spacial score (nSPS) is 12.8. The molecule has 1 atom stereocenters. The molecule has 3 nitrogen and oxygen atoms in total. The third kappa shape index (κ3) is 1.95. The Kier molecular flexibility index (Phi) is 3.05. The molecule has 66 valence electrons. The maximum absolute atomic E-state index is 10.7. The van der Waals surface area contributed by atoms with Gasteiger partial charge in [0, 0.05) is 11.1 Å². The Bertz CT molecular complexity index is 287. The van der Waals surface area contributed by atoms with Crippen molar-refractivity contribution in [2.24, 2.45) is 5.73 Å². The van der Waals surface area contributed by atoms with Crippen LogP contribution in [0, 0.1) is 0 Å². The zero-order valence-corrected chi connectivity index (χ0v) is 8.15. The maximum atomic E-state index is 10.7. The lowest BCUT2D eigenvalue weighted by Crippen LogP contribution is -2.16. The van der Waals surface area contributed by atoms with Crippen molar-refractivity contribution in [3.8, 4) is 0 Å². The first-order chi connectivity index (χ1) is 5.65. The fourth-order valence-corrected chi connectivity index (χ4v) is 1.76. The van der Waals surface area contributed by atoms with Gasteiger partial charge in [0.25, 0.3) is 0 Å². The molecule has 0 saturated heterocycles. The van der Waals surface area contributed by atoms with Crippen LogP contribution in [0.2, 0.25) is 0 Å². The number of aromatic nitrogens is 1. The van der Waals surface area contributed by atoms with E-state index in [4.69, 9.17) is 17.3 Å². The van der Waals surface area contributed by atoms with Gasteiger partial charge in [-0.1, -0.05) is 6.92 Å². The summed E-state index contributed by atoms with van der Waals surface area (Å²) >= 11 is 7.11. The first kappa shape index (κ1) is 9.48. The third-order valence-electron chi connectivity index (χ3n) is 1.39. The molecule has 1 amide bonds. The summed E-state index contributed by atoms with van der Waals surface area (Å²) in [5.41, 5.74) is 5.01. The minimum atomic E-state index is -0.782. The van der Waals surface area contributed by atoms with Gasteiger partial charge in [-0.25, -0.2) is 4.98 Å². The van der Waals surface area contributed by atoms with Crippen molar-refractivity contribution >= 4 is 28.8 Å². The number of carbonyl (C=O) groups excluding carboxylic acids is 1. The summed E-state index contributed by atoms with van der Waals surface area (Å²) in [5.74, 6) is -0.548. The van der Waals surface area contributed by atoms with Crippen molar-refractivity contribution in [2.75, 3.05) is 0 Å². The summed E-state index contributed by atoms with van der Waals surface area (Å²) in [6, 6.07) is 0. The monoisotopic (exact) mass is 204 g/mol. The smallest absolute Gasteiger partial charge is 0.242 e. The number of rotatable bonds is 3. The molecule has 0 fully saturated rings. The highest BCUT2D eigenvalue weighted by Gasteiger charge is 2.17. The first-order valence-corrected chi connectivity index (χ1v) is 4.78. The van der Waals surface area contributed by atoms with E-state index in [1.165, 1.54) is 11.3 Å². The molecule has 1 unspecified atom stereocenters. The molecule has 0 aromatic carbocycles. The molecule has 0 aliphatic carbocycles. The number of hydrogen-bond acceptors (Lipinski definition) is 3. The van der Waals surface area contributed by atoms with E-state index in [0.29, 0.717) is 5.01 Å². The van der Waals surface area contributed by atoms with Gasteiger partial charge in [-0.3, -0.25) is 4.79 Å². The molecule has 0 aliphatic heterocycles. The van der Waals surface area contributed by atoms with E-state index >= 15 is 0 Å². The largest absolute Gasteiger partial charge is 0.368 e. The zero-order valence-electron chi connectivity index (χ0n) is 6.58. The van der Waals surface area contributed by atoms with Crippen LogP contribution in [0.3, 0.4) is 0 Å². The van der Waals surface area contributed by atoms with Crippen molar-refractivity contribution in [2.45, 2.75) is 18.7 Å². The SMILES string of the molecule is CCc1cnc(C(Cl)C(N)=O)s1. The lowest BCUT2D eigenvalue weighted by atomic mass is 10.4. The summed E-state index contributed by atoms with van der Waals surface area (Å²) in [6.45, 7) is 2.02. The van der Waals surface area contributed by atoms with E-state index in [2.05, 4.69) is 4.98 Å². The van der Waals surface area contributed by atoms with Gasteiger partial charge in [0.05, 0.1) is 0 Å². The predicted molar refractivity (Wildman–Crippen MR) is 49.3 cm³/mol. The van der Waals surface area contributed by atoms with E-state index in [1.54, 1.807) is 6.20 Å². The molecule has 1 aromatic heterocycles. The highest BCUT2D eigenvalue weighted by atomic mass is 35.5. The Morgan fingerprint density at radius 2 is 2.58 bits per heavy atom. The fourth-order valence-electron chi connectivity index (χ4n) is 0.725. The van der Waals surface area contributed by atoms with E-state index < -0.39 is 11.3 Å². The van der Waals surface area contributed by atoms with Gasteiger partial charge < -0.3 is 5.73 Å². The van der Waals surface area contributed by atoms with Crippen molar-refractivity contribution in [3.63, 3.8) is 0 Å². The fraction of sp³-hybridized carbons (Fsp3) is 0.429. The number of alkyl halides is 1. The summed E-state index contributed by atoms with van der Waals surface area (Å²) in [5, 5.41) is -0.198. The number of nitrogens with two attached hydrogens (primary N) is 1. The molecule has 5 heteroatoms. The van der Waals surface area contributed by atoms with Crippen LogP contribution in [0.5, 0.6) is 0 Å². The first-order valence-electron chi connectivity index (χ1n) is 3.53. The van der Waals surface area contributed by atoms with Crippen molar-refractivity contribution in [1.82, 2.24) is 4.98 Å². The molecular formula is C7H9ClN2OS. The van der Waals surface area contributed by atoms with Crippen LogP contribution in [0.25, 0.3) is 0 Å². The Labute approximate surface area is 79.6 Å². The lowest BCUT2D eigenvalue weighted by Gasteiger charge is -1.97. The number of amides is 1. The Morgan fingerprint density at radius 3 is 3.00 bits per heavy atom. The molecule has 1 heterocycles. The van der Waals surface area contributed by atoms with Gasteiger partial charge in [-0.2, -0.15) is 0 Å². The van der Waals surface area contributed by atoms with Gasteiger partial charge >= 0.3 is 0 Å².